The van der Waals surface area contributed by atoms with Gasteiger partial charge >= 0.3 is 0 Å². The first kappa shape index (κ1) is 20.3. The number of aromatic nitrogens is 1. The number of hydrogen-bond acceptors (Lipinski definition) is 4. The van der Waals surface area contributed by atoms with E-state index < -0.39 is 0 Å². The summed E-state index contributed by atoms with van der Waals surface area (Å²) in [7, 11) is 0. The van der Waals surface area contributed by atoms with Crippen molar-refractivity contribution >= 4 is 11.8 Å². The van der Waals surface area contributed by atoms with Crippen molar-refractivity contribution in [2.75, 3.05) is 45.8 Å². The van der Waals surface area contributed by atoms with Gasteiger partial charge in [-0.15, -0.1) is 0 Å². The molecule has 6 nitrogen and oxygen atoms in total. The third kappa shape index (κ3) is 3.35. The predicted octanol–water partition coefficient (Wildman–Crippen LogP) is 2.51. The number of hydrogen-bond donors (Lipinski definition) is 0. The van der Waals surface area contributed by atoms with Gasteiger partial charge in [0, 0.05) is 63.6 Å². The van der Waals surface area contributed by atoms with Crippen molar-refractivity contribution in [3.05, 3.63) is 30.1 Å². The van der Waals surface area contributed by atoms with Gasteiger partial charge in [-0.2, -0.15) is 0 Å². The smallest absolute Gasteiger partial charge is 0.255 e. The first-order valence-electron chi connectivity index (χ1n) is 11.1. The van der Waals surface area contributed by atoms with Gasteiger partial charge in [0.05, 0.1) is 11.0 Å². The molecule has 1 aromatic rings. The summed E-state index contributed by atoms with van der Waals surface area (Å²) in [5, 5.41) is 0. The number of piperidine rings is 1. The molecule has 0 radical (unpaired) electrons. The molecule has 3 aliphatic heterocycles. The fourth-order valence-electron chi connectivity index (χ4n) is 6.05. The van der Waals surface area contributed by atoms with Crippen LogP contribution in [0.15, 0.2) is 24.5 Å². The summed E-state index contributed by atoms with van der Waals surface area (Å²) >= 11 is 0. The van der Waals surface area contributed by atoms with Crippen LogP contribution in [0.4, 0.5) is 0 Å². The number of carbonyl (C=O) groups excluding carboxylic acids is 2. The molecule has 1 aromatic heterocycles. The highest BCUT2D eigenvalue weighted by molar-refractivity contribution is 5.94. The predicted molar refractivity (Wildman–Crippen MR) is 112 cm³/mol. The molecule has 2 spiro atoms. The highest BCUT2D eigenvalue weighted by Crippen LogP contribution is 2.57. The molecule has 4 rings (SSSR count). The molecular weight excluding hydrogens is 364 g/mol. The SMILES string of the molecule is CCN1CCC2(CN(CC(C)C)CC23CCN(C(=O)c2cccnc2)CC3)C1=O. The lowest BCUT2D eigenvalue weighted by Gasteiger charge is -2.47. The summed E-state index contributed by atoms with van der Waals surface area (Å²) < 4.78 is 0. The fourth-order valence-corrected chi connectivity index (χ4v) is 6.05. The van der Waals surface area contributed by atoms with Crippen LogP contribution in [0.3, 0.4) is 0 Å². The lowest BCUT2D eigenvalue weighted by atomic mass is 9.60. The summed E-state index contributed by atoms with van der Waals surface area (Å²) in [4.78, 5) is 37.0. The Morgan fingerprint density at radius 1 is 1.17 bits per heavy atom. The van der Waals surface area contributed by atoms with Gasteiger partial charge in [-0.3, -0.25) is 14.6 Å². The van der Waals surface area contributed by atoms with Crippen LogP contribution < -0.4 is 0 Å². The molecule has 1 atom stereocenters. The summed E-state index contributed by atoms with van der Waals surface area (Å²) in [5.74, 6) is 1.01. The maximum atomic E-state index is 13.5. The molecule has 29 heavy (non-hydrogen) atoms. The first-order chi connectivity index (χ1) is 13.9. The van der Waals surface area contributed by atoms with Crippen LogP contribution in [-0.2, 0) is 4.79 Å². The molecular formula is C23H34N4O2. The molecule has 3 aliphatic rings. The van der Waals surface area contributed by atoms with E-state index in [0.717, 1.165) is 65.1 Å². The molecule has 0 aromatic carbocycles. The first-order valence-corrected chi connectivity index (χ1v) is 11.1. The molecule has 0 aliphatic carbocycles. The van der Waals surface area contributed by atoms with Crippen molar-refractivity contribution in [3.63, 3.8) is 0 Å². The van der Waals surface area contributed by atoms with Crippen molar-refractivity contribution in [1.29, 1.82) is 0 Å². The lowest BCUT2D eigenvalue weighted by molar-refractivity contribution is -0.141. The average molecular weight is 399 g/mol. The van der Waals surface area contributed by atoms with Crippen LogP contribution in [0.1, 0.15) is 50.4 Å². The van der Waals surface area contributed by atoms with Crippen LogP contribution in [-0.4, -0.2) is 77.3 Å². The van der Waals surface area contributed by atoms with Gasteiger partial charge in [0.1, 0.15) is 0 Å². The molecule has 6 heteroatoms. The summed E-state index contributed by atoms with van der Waals surface area (Å²) in [5.41, 5.74) is 0.385. The quantitative estimate of drug-likeness (QED) is 0.782. The summed E-state index contributed by atoms with van der Waals surface area (Å²) in [6, 6.07) is 3.64. The van der Waals surface area contributed by atoms with Crippen molar-refractivity contribution in [2.45, 2.75) is 40.0 Å². The Balaban J connectivity index is 1.55. The van der Waals surface area contributed by atoms with E-state index in [0.29, 0.717) is 17.4 Å². The van der Waals surface area contributed by atoms with Gasteiger partial charge in [-0.1, -0.05) is 13.8 Å². The van der Waals surface area contributed by atoms with Gasteiger partial charge in [-0.05, 0) is 44.2 Å². The van der Waals surface area contributed by atoms with Crippen LogP contribution >= 0.6 is 0 Å². The van der Waals surface area contributed by atoms with E-state index in [4.69, 9.17) is 0 Å². The van der Waals surface area contributed by atoms with Crippen LogP contribution in [0, 0.1) is 16.7 Å². The van der Waals surface area contributed by atoms with Crippen molar-refractivity contribution < 1.29 is 9.59 Å². The molecule has 0 saturated carbocycles. The standard InChI is InChI=1S/C23H34N4O2/c1-4-26-13-9-23(21(26)29)17-25(15-18(2)3)16-22(23)7-11-27(12-8-22)20(28)19-6-5-10-24-14-19/h5-6,10,14,18H,4,7-9,11-13,15-17H2,1-3H3. The number of nitrogens with zero attached hydrogens (tertiary/aromatic N) is 4. The van der Waals surface area contributed by atoms with Gasteiger partial charge in [0.15, 0.2) is 0 Å². The number of amides is 2. The maximum absolute atomic E-state index is 13.5. The monoisotopic (exact) mass is 398 g/mol. The molecule has 1 unspecified atom stereocenters. The normalized spacial score (nSPS) is 27.0. The topological polar surface area (TPSA) is 56.8 Å². The molecule has 4 heterocycles. The molecule has 3 fully saturated rings. The number of carbonyl (C=O) groups is 2. The minimum Gasteiger partial charge on any atom is -0.342 e. The van der Waals surface area contributed by atoms with Crippen molar-refractivity contribution in [2.24, 2.45) is 16.7 Å². The van der Waals surface area contributed by atoms with E-state index in [1.165, 1.54) is 0 Å². The second-order valence-electron chi connectivity index (χ2n) is 9.59. The van der Waals surface area contributed by atoms with Gasteiger partial charge in [-0.25, -0.2) is 0 Å². The zero-order chi connectivity index (χ0) is 20.6. The number of rotatable bonds is 4. The Hall–Kier alpha value is -1.95. The Morgan fingerprint density at radius 3 is 2.52 bits per heavy atom. The highest BCUT2D eigenvalue weighted by atomic mass is 16.2. The zero-order valence-electron chi connectivity index (χ0n) is 18.1. The fraction of sp³-hybridized carbons (Fsp3) is 0.696. The van der Waals surface area contributed by atoms with Gasteiger partial charge in [0.2, 0.25) is 5.91 Å². The molecule has 0 N–H and O–H groups in total. The Kier molecular flexibility index (Phi) is 5.40. The minimum absolute atomic E-state index is 0.00535. The second kappa shape index (κ2) is 7.71. The lowest BCUT2D eigenvalue weighted by Crippen LogP contribution is -2.53. The Morgan fingerprint density at radius 2 is 1.93 bits per heavy atom. The second-order valence-corrected chi connectivity index (χ2v) is 9.59. The zero-order valence-corrected chi connectivity index (χ0v) is 18.1. The average Bonchev–Trinajstić information content (AvgIpc) is 3.20. The van der Waals surface area contributed by atoms with E-state index in [-0.39, 0.29) is 16.7 Å². The summed E-state index contributed by atoms with van der Waals surface area (Å²) in [6.07, 6.45) is 6.13. The van der Waals surface area contributed by atoms with Crippen molar-refractivity contribution in [1.82, 2.24) is 19.7 Å². The molecule has 0 bridgehead atoms. The molecule has 3 saturated heterocycles. The number of pyridine rings is 1. The van der Waals surface area contributed by atoms with E-state index in [2.05, 4.69) is 30.7 Å². The third-order valence-electron chi connectivity index (χ3n) is 7.46. The third-order valence-corrected chi connectivity index (χ3v) is 7.46. The Bertz CT molecular complexity index is 757. The van der Waals surface area contributed by atoms with E-state index in [1.54, 1.807) is 12.4 Å². The summed E-state index contributed by atoms with van der Waals surface area (Å²) in [6.45, 7) is 12.6. The minimum atomic E-state index is -0.263. The van der Waals surface area contributed by atoms with E-state index in [9.17, 15) is 9.59 Å². The Labute approximate surface area is 174 Å². The molecule has 2 amide bonds. The van der Waals surface area contributed by atoms with Gasteiger partial charge < -0.3 is 14.7 Å². The van der Waals surface area contributed by atoms with Gasteiger partial charge in [0.25, 0.3) is 5.91 Å². The number of likely N-dealkylation sites (tertiary alicyclic amines) is 3. The largest absolute Gasteiger partial charge is 0.342 e. The number of fused-ring (bicyclic) bond motifs is 1. The molecule has 158 valence electrons. The van der Waals surface area contributed by atoms with Crippen LogP contribution in [0.2, 0.25) is 0 Å². The van der Waals surface area contributed by atoms with Crippen LogP contribution in [0.5, 0.6) is 0 Å². The highest BCUT2D eigenvalue weighted by Gasteiger charge is 2.64. The maximum Gasteiger partial charge on any atom is 0.255 e. The van der Waals surface area contributed by atoms with Crippen molar-refractivity contribution in [3.8, 4) is 0 Å². The van der Waals surface area contributed by atoms with E-state index in [1.807, 2.05) is 21.9 Å². The van der Waals surface area contributed by atoms with Crippen LogP contribution in [0.25, 0.3) is 0 Å². The van der Waals surface area contributed by atoms with E-state index >= 15 is 0 Å².